The summed E-state index contributed by atoms with van der Waals surface area (Å²) in [6.45, 7) is 3.78. The van der Waals surface area contributed by atoms with Crippen molar-refractivity contribution >= 4 is 12.3 Å². The van der Waals surface area contributed by atoms with E-state index in [1.165, 1.54) is 13.2 Å². The summed E-state index contributed by atoms with van der Waals surface area (Å²) in [7, 11) is 1.48. The second kappa shape index (κ2) is 5.30. The number of aldehydes is 1. The van der Waals surface area contributed by atoms with E-state index in [0.717, 1.165) is 5.56 Å². The van der Waals surface area contributed by atoms with Gasteiger partial charge in [-0.15, -0.1) is 0 Å². The molecule has 0 fully saturated rings. The van der Waals surface area contributed by atoms with Gasteiger partial charge in [-0.05, 0) is 31.5 Å². The molecule has 86 valence electrons. The summed E-state index contributed by atoms with van der Waals surface area (Å²) in [5.41, 5.74) is 1.45. The van der Waals surface area contributed by atoms with Gasteiger partial charge in [0.15, 0.2) is 0 Å². The largest absolute Gasteiger partial charge is 0.496 e. The molecule has 1 rings (SSSR count). The lowest BCUT2D eigenvalue weighted by molar-refractivity contribution is 0.0522. The monoisotopic (exact) mass is 222 g/mol. The molecule has 4 heteroatoms. The average Bonchev–Trinajstić information content (AvgIpc) is 2.28. The summed E-state index contributed by atoms with van der Waals surface area (Å²) in [5.74, 6) is -0.0322. The molecule has 0 bridgehead atoms. The standard InChI is InChI=1S/C12H14O4/c1-4-16-12(14)10-6-9(7-13)5-8(2)11(10)15-3/h5-7H,4H2,1-3H3. The highest BCUT2D eigenvalue weighted by Gasteiger charge is 2.16. The van der Waals surface area contributed by atoms with Crippen molar-refractivity contribution in [3.63, 3.8) is 0 Å². The number of hydrogen-bond donors (Lipinski definition) is 0. The van der Waals surface area contributed by atoms with Crippen LogP contribution in [0.1, 0.15) is 33.2 Å². The molecule has 1 aromatic rings. The Hall–Kier alpha value is -1.84. The predicted molar refractivity (Wildman–Crippen MR) is 59.1 cm³/mol. The minimum Gasteiger partial charge on any atom is -0.496 e. The molecule has 0 aromatic heterocycles. The molecule has 0 saturated carbocycles. The molecule has 0 radical (unpaired) electrons. The fraction of sp³-hybridized carbons (Fsp3) is 0.333. The van der Waals surface area contributed by atoms with Crippen molar-refractivity contribution in [3.05, 3.63) is 28.8 Å². The van der Waals surface area contributed by atoms with Gasteiger partial charge in [0.1, 0.15) is 17.6 Å². The maximum atomic E-state index is 11.6. The van der Waals surface area contributed by atoms with E-state index >= 15 is 0 Å². The maximum absolute atomic E-state index is 11.6. The van der Waals surface area contributed by atoms with Crippen molar-refractivity contribution < 1.29 is 19.1 Å². The van der Waals surface area contributed by atoms with Gasteiger partial charge >= 0.3 is 5.97 Å². The smallest absolute Gasteiger partial charge is 0.341 e. The molecule has 0 atom stereocenters. The van der Waals surface area contributed by atoms with Crippen LogP contribution in [0.5, 0.6) is 5.75 Å². The van der Waals surface area contributed by atoms with Crippen LogP contribution >= 0.6 is 0 Å². The number of aryl methyl sites for hydroxylation is 1. The summed E-state index contributed by atoms with van der Waals surface area (Å²) in [4.78, 5) is 22.3. The number of benzene rings is 1. The van der Waals surface area contributed by atoms with E-state index in [-0.39, 0.29) is 12.2 Å². The number of carbonyl (C=O) groups is 2. The quantitative estimate of drug-likeness (QED) is 0.577. The number of carbonyl (C=O) groups excluding carboxylic acids is 2. The molecule has 16 heavy (non-hydrogen) atoms. The molecule has 0 amide bonds. The molecule has 0 aliphatic carbocycles. The Morgan fingerprint density at radius 2 is 2.12 bits per heavy atom. The van der Waals surface area contributed by atoms with Crippen molar-refractivity contribution in [2.75, 3.05) is 13.7 Å². The van der Waals surface area contributed by atoms with Gasteiger partial charge in [-0.2, -0.15) is 0 Å². The normalized spacial score (nSPS) is 9.69. The number of esters is 1. The van der Waals surface area contributed by atoms with Crippen LogP contribution in [0.15, 0.2) is 12.1 Å². The van der Waals surface area contributed by atoms with E-state index in [9.17, 15) is 9.59 Å². The van der Waals surface area contributed by atoms with Gasteiger partial charge in [-0.3, -0.25) is 4.79 Å². The second-order valence-electron chi connectivity index (χ2n) is 3.26. The molecular weight excluding hydrogens is 208 g/mol. The van der Waals surface area contributed by atoms with Gasteiger partial charge < -0.3 is 9.47 Å². The van der Waals surface area contributed by atoms with E-state index in [1.807, 2.05) is 0 Å². The Kier molecular flexibility index (Phi) is 4.05. The Labute approximate surface area is 94.2 Å². The van der Waals surface area contributed by atoms with Crippen LogP contribution in [0.2, 0.25) is 0 Å². The maximum Gasteiger partial charge on any atom is 0.341 e. The van der Waals surface area contributed by atoms with E-state index in [2.05, 4.69) is 0 Å². The highest BCUT2D eigenvalue weighted by molar-refractivity contribution is 5.95. The first-order valence-corrected chi connectivity index (χ1v) is 4.95. The molecule has 0 unspecified atom stereocenters. The van der Waals surface area contributed by atoms with Gasteiger partial charge in [0.05, 0.1) is 13.7 Å². The first-order chi connectivity index (χ1) is 7.63. The Morgan fingerprint density at radius 1 is 1.44 bits per heavy atom. The molecule has 0 saturated heterocycles. The van der Waals surface area contributed by atoms with Crippen molar-refractivity contribution in [1.29, 1.82) is 0 Å². The Balaban J connectivity index is 3.27. The third-order valence-corrected chi connectivity index (χ3v) is 2.13. The van der Waals surface area contributed by atoms with Crippen LogP contribution in [-0.2, 0) is 4.74 Å². The fourth-order valence-corrected chi connectivity index (χ4v) is 1.50. The van der Waals surface area contributed by atoms with Gasteiger partial charge in [-0.1, -0.05) is 0 Å². The molecule has 0 aliphatic heterocycles. The zero-order valence-electron chi connectivity index (χ0n) is 9.57. The van der Waals surface area contributed by atoms with Crippen LogP contribution in [0.3, 0.4) is 0 Å². The molecule has 0 heterocycles. The number of hydrogen-bond acceptors (Lipinski definition) is 4. The van der Waals surface area contributed by atoms with Crippen molar-refractivity contribution in [1.82, 2.24) is 0 Å². The molecule has 1 aromatic carbocycles. The lowest BCUT2D eigenvalue weighted by Gasteiger charge is -2.11. The summed E-state index contributed by atoms with van der Waals surface area (Å²) >= 11 is 0. The van der Waals surface area contributed by atoms with E-state index in [0.29, 0.717) is 17.6 Å². The highest BCUT2D eigenvalue weighted by atomic mass is 16.5. The molecule has 0 N–H and O–H groups in total. The zero-order chi connectivity index (χ0) is 12.1. The first kappa shape index (κ1) is 12.2. The third kappa shape index (κ3) is 2.39. The van der Waals surface area contributed by atoms with E-state index in [1.54, 1.807) is 19.9 Å². The highest BCUT2D eigenvalue weighted by Crippen LogP contribution is 2.25. The topological polar surface area (TPSA) is 52.6 Å². The molecule has 0 aliphatic rings. The number of methoxy groups -OCH3 is 1. The van der Waals surface area contributed by atoms with Crippen molar-refractivity contribution in [2.45, 2.75) is 13.8 Å². The van der Waals surface area contributed by atoms with Gasteiger partial charge in [0.2, 0.25) is 0 Å². The van der Waals surface area contributed by atoms with E-state index in [4.69, 9.17) is 9.47 Å². The predicted octanol–water partition coefficient (Wildman–Crippen LogP) is 1.99. The zero-order valence-corrected chi connectivity index (χ0v) is 9.57. The Bertz CT molecular complexity index is 410. The van der Waals surface area contributed by atoms with Crippen LogP contribution in [0.25, 0.3) is 0 Å². The van der Waals surface area contributed by atoms with Crippen molar-refractivity contribution in [2.24, 2.45) is 0 Å². The van der Waals surface area contributed by atoms with Crippen LogP contribution in [-0.4, -0.2) is 26.0 Å². The summed E-state index contributed by atoms with van der Waals surface area (Å²) in [5, 5.41) is 0. The molecule has 0 spiro atoms. The minimum atomic E-state index is -0.480. The summed E-state index contributed by atoms with van der Waals surface area (Å²) < 4.78 is 10.0. The lowest BCUT2D eigenvalue weighted by atomic mass is 10.1. The van der Waals surface area contributed by atoms with Gasteiger partial charge in [-0.25, -0.2) is 4.79 Å². The summed E-state index contributed by atoms with van der Waals surface area (Å²) in [6.07, 6.45) is 0.690. The number of ether oxygens (including phenoxy) is 2. The SMILES string of the molecule is CCOC(=O)c1cc(C=O)cc(C)c1OC. The third-order valence-electron chi connectivity index (χ3n) is 2.13. The van der Waals surface area contributed by atoms with Crippen LogP contribution in [0, 0.1) is 6.92 Å². The van der Waals surface area contributed by atoms with Crippen molar-refractivity contribution in [3.8, 4) is 5.75 Å². The average molecular weight is 222 g/mol. The minimum absolute atomic E-state index is 0.284. The molecule has 4 nitrogen and oxygen atoms in total. The van der Waals surface area contributed by atoms with E-state index < -0.39 is 5.97 Å². The number of rotatable bonds is 4. The second-order valence-corrected chi connectivity index (χ2v) is 3.26. The Morgan fingerprint density at radius 3 is 2.62 bits per heavy atom. The van der Waals surface area contributed by atoms with Crippen LogP contribution < -0.4 is 4.74 Å². The van der Waals surface area contributed by atoms with Crippen LogP contribution in [0.4, 0.5) is 0 Å². The lowest BCUT2D eigenvalue weighted by Crippen LogP contribution is -2.08. The van der Waals surface area contributed by atoms with Gasteiger partial charge in [0.25, 0.3) is 0 Å². The van der Waals surface area contributed by atoms with Gasteiger partial charge in [0, 0.05) is 5.56 Å². The fourth-order valence-electron chi connectivity index (χ4n) is 1.50. The first-order valence-electron chi connectivity index (χ1n) is 4.95. The molecular formula is C12H14O4. The summed E-state index contributed by atoms with van der Waals surface area (Å²) in [6, 6.07) is 3.13.